The highest BCUT2D eigenvalue weighted by atomic mass is 16.5. The summed E-state index contributed by atoms with van der Waals surface area (Å²) in [5, 5.41) is 12.0. The molecular formula is C15H19NO2. The van der Waals surface area contributed by atoms with Crippen molar-refractivity contribution in [2.75, 3.05) is 13.7 Å². The summed E-state index contributed by atoms with van der Waals surface area (Å²) in [6.45, 7) is 0.631. The summed E-state index contributed by atoms with van der Waals surface area (Å²) >= 11 is 0. The second-order valence-corrected chi connectivity index (χ2v) is 5.28. The van der Waals surface area contributed by atoms with Crippen molar-refractivity contribution < 1.29 is 9.48 Å². The highest BCUT2D eigenvalue weighted by Crippen LogP contribution is 2.38. The van der Waals surface area contributed by atoms with E-state index >= 15 is 0 Å². The van der Waals surface area contributed by atoms with Gasteiger partial charge in [0.2, 0.25) is 0 Å². The number of hydroxylamine groups is 1. The standard InChI is InChI=1S/C15H19NO2/c1-18-12-8-6-11(7-9-12)14-10-16(17)15-5-3-2-4-13(14)15/h6-9,13-14H,2-5,10H2,1H3/t13?,14-/m0/s1. The molecule has 2 aliphatic rings. The summed E-state index contributed by atoms with van der Waals surface area (Å²) < 4.78 is 6.43. The predicted octanol–water partition coefficient (Wildman–Crippen LogP) is 2.93. The smallest absolute Gasteiger partial charge is 0.167 e. The number of fused-ring (bicyclic) bond motifs is 1. The summed E-state index contributed by atoms with van der Waals surface area (Å²) in [7, 11) is 1.68. The quantitative estimate of drug-likeness (QED) is 0.593. The monoisotopic (exact) mass is 245 g/mol. The average molecular weight is 245 g/mol. The van der Waals surface area contributed by atoms with Crippen LogP contribution in [0.2, 0.25) is 0 Å². The van der Waals surface area contributed by atoms with E-state index in [-0.39, 0.29) is 0 Å². The van der Waals surface area contributed by atoms with Crippen molar-refractivity contribution in [1.82, 2.24) is 0 Å². The first kappa shape index (κ1) is 11.6. The van der Waals surface area contributed by atoms with Gasteiger partial charge in [0.05, 0.1) is 18.9 Å². The second-order valence-electron chi connectivity index (χ2n) is 5.28. The molecular weight excluding hydrogens is 226 g/mol. The number of benzene rings is 1. The lowest BCUT2D eigenvalue weighted by atomic mass is 9.78. The van der Waals surface area contributed by atoms with Gasteiger partial charge >= 0.3 is 0 Å². The Morgan fingerprint density at radius 1 is 1.17 bits per heavy atom. The van der Waals surface area contributed by atoms with Crippen molar-refractivity contribution in [2.45, 2.75) is 31.6 Å². The average Bonchev–Trinajstić information content (AvgIpc) is 2.77. The minimum absolute atomic E-state index is 0.378. The molecule has 0 radical (unpaired) electrons. The van der Waals surface area contributed by atoms with Gasteiger partial charge in [-0.2, -0.15) is 0 Å². The zero-order valence-electron chi connectivity index (χ0n) is 10.8. The van der Waals surface area contributed by atoms with Crippen LogP contribution in [0.5, 0.6) is 5.75 Å². The SMILES string of the molecule is COc1ccc([C@@H]2C[N+]([O-])=C3CCCCC32)cc1. The van der Waals surface area contributed by atoms with E-state index < -0.39 is 0 Å². The first-order valence-electron chi connectivity index (χ1n) is 6.74. The minimum Gasteiger partial charge on any atom is -0.624 e. The Bertz CT molecular complexity index is 464. The summed E-state index contributed by atoms with van der Waals surface area (Å²) in [6, 6.07) is 8.19. The molecule has 1 aliphatic heterocycles. The van der Waals surface area contributed by atoms with E-state index in [2.05, 4.69) is 12.1 Å². The molecule has 1 heterocycles. The van der Waals surface area contributed by atoms with Crippen molar-refractivity contribution >= 4 is 5.71 Å². The maximum Gasteiger partial charge on any atom is 0.167 e. The molecule has 3 rings (SSSR count). The number of rotatable bonds is 2. The largest absolute Gasteiger partial charge is 0.624 e. The number of methoxy groups -OCH3 is 1. The van der Waals surface area contributed by atoms with Crippen molar-refractivity contribution in [3.8, 4) is 5.75 Å². The molecule has 3 nitrogen and oxygen atoms in total. The molecule has 0 spiro atoms. The number of hydrogen-bond donors (Lipinski definition) is 0. The van der Waals surface area contributed by atoms with Gasteiger partial charge < -0.3 is 9.94 Å². The first-order valence-corrected chi connectivity index (χ1v) is 6.74. The van der Waals surface area contributed by atoms with Crippen LogP contribution in [-0.2, 0) is 0 Å². The minimum atomic E-state index is 0.378. The first-order chi connectivity index (χ1) is 8.79. The van der Waals surface area contributed by atoms with Gasteiger partial charge in [-0.15, -0.1) is 0 Å². The predicted molar refractivity (Wildman–Crippen MR) is 71.2 cm³/mol. The molecule has 1 fully saturated rings. The molecule has 1 aromatic carbocycles. The van der Waals surface area contributed by atoms with E-state index in [1.807, 2.05) is 12.1 Å². The Hall–Kier alpha value is -1.51. The third-order valence-corrected chi connectivity index (χ3v) is 4.34. The summed E-state index contributed by atoms with van der Waals surface area (Å²) in [5.74, 6) is 1.73. The Labute approximate surface area is 108 Å². The molecule has 0 N–H and O–H groups in total. The number of nitrogens with zero attached hydrogens (tertiary/aromatic N) is 1. The fourth-order valence-corrected chi connectivity index (χ4v) is 3.38. The Kier molecular flexibility index (Phi) is 2.98. The number of hydrogen-bond acceptors (Lipinski definition) is 2. The van der Waals surface area contributed by atoms with Crippen LogP contribution in [0.3, 0.4) is 0 Å². The number of ether oxygens (including phenoxy) is 1. The molecule has 1 unspecified atom stereocenters. The van der Waals surface area contributed by atoms with Gasteiger partial charge in [0, 0.05) is 6.42 Å². The van der Waals surface area contributed by atoms with E-state index in [1.165, 1.54) is 29.6 Å². The van der Waals surface area contributed by atoms with Gasteiger partial charge in [-0.3, -0.25) is 0 Å². The van der Waals surface area contributed by atoms with Crippen LogP contribution < -0.4 is 4.74 Å². The summed E-state index contributed by atoms with van der Waals surface area (Å²) in [4.78, 5) is 0. The maximum atomic E-state index is 12.0. The Morgan fingerprint density at radius 3 is 2.67 bits per heavy atom. The lowest BCUT2D eigenvalue weighted by molar-refractivity contribution is -0.452. The molecule has 2 atom stereocenters. The van der Waals surface area contributed by atoms with E-state index in [9.17, 15) is 5.21 Å². The summed E-state index contributed by atoms with van der Waals surface area (Å²) in [5.41, 5.74) is 2.42. The molecule has 3 heteroatoms. The zero-order chi connectivity index (χ0) is 12.5. The van der Waals surface area contributed by atoms with Gasteiger partial charge in [0.15, 0.2) is 12.3 Å². The van der Waals surface area contributed by atoms with Crippen molar-refractivity contribution in [1.29, 1.82) is 0 Å². The van der Waals surface area contributed by atoms with E-state index in [0.717, 1.165) is 17.9 Å². The van der Waals surface area contributed by atoms with Gasteiger partial charge in [-0.1, -0.05) is 18.6 Å². The maximum absolute atomic E-state index is 12.0. The highest BCUT2D eigenvalue weighted by molar-refractivity contribution is 5.85. The van der Waals surface area contributed by atoms with Crippen LogP contribution in [-0.4, -0.2) is 24.1 Å². The van der Waals surface area contributed by atoms with Gasteiger partial charge in [-0.05, 0) is 30.5 Å². The second kappa shape index (κ2) is 4.63. The Morgan fingerprint density at radius 2 is 1.94 bits per heavy atom. The van der Waals surface area contributed by atoms with Crippen molar-refractivity contribution in [2.24, 2.45) is 5.92 Å². The lowest BCUT2D eigenvalue weighted by Crippen LogP contribution is -2.22. The van der Waals surface area contributed by atoms with Crippen molar-refractivity contribution in [3.05, 3.63) is 35.0 Å². The van der Waals surface area contributed by atoms with Crippen LogP contribution >= 0.6 is 0 Å². The van der Waals surface area contributed by atoms with Crippen LogP contribution in [0.25, 0.3) is 0 Å². The van der Waals surface area contributed by atoms with Crippen LogP contribution in [0.15, 0.2) is 24.3 Å². The van der Waals surface area contributed by atoms with E-state index in [0.29, 0.717) is 18.4 Å². The van der Waals surface area contributed by atoms with Gasteiger partial charge in [0.25, 0.3) is 0 Å². The van der Waals surface area contributed by atoms with Gasteiger partial charge in [-0.25, -0.2) is 4.74 Å². The van der Waals surface area contributed by atoms with Crippen molar-refractivity contribution in [3.63, 3.8) is 0 Å². The molecule has 0 bridgehead atoms. The van der Waals surface area contributed by atoms with Crippen LogP contribution in [0.1, 0.15) is 37.2 Å². The lowest BCUT2D eigenvalue weighted by Gasteiger charge is -2.21. The molecule has 0 saturated heterocycles. The fraction of sp³-hybridized carbons (Fsp3) is 0.533. The fourth-order valence-electron chi connectivity index (χ4n) is 3.38. The molecule has 1 aliphatic carbocycles. The normalized spacial score (nSPS) is 27.2. The van der Waals surface area contributed by atoms with E-state index in [1.54, 1.807) is 7.11 Å². The van der Waals surface area contributed by atoms with Gasteiger partial charge in [0.1, 0.15) is 5.75 Å². The molecule has 1 aromatic rings. The topological polar surface area (TPSA) is 35.3 Å². The molecule has 96 valence electrons. The molecule has 0 aromatic heterocycles. The zero-order valence-corrected chi connectivity index (χ0v) is 10.8. The molecule has 1 saturated carbocycles. The Balaban J connectivity index is 1.85. The third-order valence-electron chi connectivity index (χ3n) is 4.34. The van der Waals surface area contributed by atoms with E-state index in [4.69, 9.17) is 4.74 Å². The van der Waals surface area contributed by atoms with Crippen LogP contribution in [0.4, 0.5) is 0 Å². The molecule has 0 amide bonds. The molecule has 18 heavy (non-hydrogen) atoms. The van der Waals surface area contributed by atoms with Crippen LogP contribution in [0, 0.1) is 11.1 Å². The highest BCUT2D eigenvalue weighted by Gasteiger charge is 2.41. The third kappa shape index (κ3) is 1.88. The summed E-state index contributed by atoms with van der Waals surface area (Å²) in [6.07, 6.45) is 4.61.